The fraction of sp³-hybridized carbons (Fsp3) is 0.619. The van der Waals surface area contributed by atoms with E-state index < -0.39 is 11.3 Å². The fourth-order valence-electron chi connectivity index (χ4n) is 4.65. The quantitative estimate of drug-likeness (QED) is 0.770. The van der Waals surface area contributed by atoms with Crippen LogP contribution in [-0.4, -0.2) is 61.5 Å². The van der Waals surface area contributed by atoms with E-state index in [4.69, 9.17) is 15.2 Å². The van der Waals surface area contributed by atoms with Crippen LogP contribution in [0.3, 0.4) is 0 Å². The second kappa shape index (κ2) is 7.28. The number of methoxy groups -OCH3 is 2. The van der Waals surface area contributed by atoms with Gasteiger partial charge in [0.2, 0.25) is 11.8 Å². The summed E-state index contributed by atoms with van der Waals surface area (Å²) in [5, 5.41) is 0. The van der Waals surface area contributed by atoms with Crippen LogP contribution in [0.2, 0.25) is 0 Å². The Labute approximate surface area is 165 Å². The maximum atomic E-state index is 12.9. The summed E-state index contributed by atoms with van der Waals surface area (Å²) in [6.07, 6.45) is 4.17. The summed E-state index contributed by atoms with van der Waals surface area (Å²) >= 11 is 0. The maximum absolute atomic E-state index is 12.9. The number of nitrogens with zero attached hydrogens (tertiary/aromatic N) is 2. The number of piperidine rings is 1. The highest BCUT2D eigenvalue weighted by Crippen LogP contribution is 2.47. The molecule has 1 saturated heterocycles. The van der Waals surface area contributed by atoms with Crippen LogP contribution in [0.4, 0.5) is 0 Å². The number of nitrogens with two attached hydrogens (primary N) is 1. The van der Waals surface area contributed by atoms with Gasteiger partial charge >= 0.3 is 0 Å². The Bertz CT molecular complexity index is 790. The number of primary amides is 1. The van der Waals surface area contributed by atoms with E-state index in [9.17, 15) is 9.59 Å². The van der Waals surface area contributed by atoms with Gasteiger partial charge in [0.1, 0.15) is 5.41 Å². The third-order valence-corrected chi connectivity index (χ3v) is 6.58. The Balaban J connectivity index is 1.47. The first-order chi connectivity index (χ1) is 13.5. The third kappa shape index (κ3) is 3.21. The summed E-state index contributed by atoms with van der Waals surface area (Å²) in [6, 6.07) is 4.45. The molecule has 2 fully saturated rings. The van der Waals surface area contributed by atoms with Crippen LogP contribution in [-0.2, 0) is 22.6 Å². The highest BCUT2D eigenvalue weighted by Gasteiger charge is 2.57. The molecule has 1 aromatic rings. The molecule has 7 heteroatoms. The molecular weight excluding hydrogens is 358 g/mol. The summed E-state index contributed by atoms with van der Waals surface area (Å²) in [6.45, 7) is 3.19. The average Bonchev–Trinajstić information content (AvgIpc) is 3.54. The van der Waals surface area contributed by atoms with E-state index in [-0.39, 0.29) is 5.91 Å². The molecular formula is C21H29N3O4. The number of carbonyl (C=O) groups is 2. The first-order valence-electron chi connectivity index (χ1n) is 10.1. The van der Waals surface area contributed by atoms with E-state index in [2.05, 4.69) is 17.0 Å². The number of fused-ring (bicyclic) bond motifs is 1. The molecule has 7 nitrogen and oxygen atoms in total. The Morgan fingerprint density at radius 1 is 1.11 bits per heavy atom. The molecule has 1 atom stereocenters. The third-order valence-electron chi connectivity index (χ3n) is 6.58. The van der Waals surface area contributed by atoms with Gasteiger partial charge in [0.05, 0.1) is 14.2 Å². The number of likely N-dealkylation sites (tertiary alicyclic amines) is 1. The van der Waals surface area contributed by atoms with Gasteiger partial charge in [-0.15, -0.1) is 0 Å². The lowest BCUT2D eigenvalue weighted by Crippen LogP contribution is -2.53. The van der Waals surface area contributed by atoms with Crippen molar-refractivity contribution in [2.45, 2.75) is 44.7 Å². The summed E-state index contributed by atoms with van der Waals surface area (Å²) in [5.41, 5.74) is 7.13. The SMILES string of the molecule is COc1cc2c(cc1OC)CN([C@H]1CCCN(C(=O)C3(C(N)=O)CC3)C1)CC2. The lowest BCUT2D eigenvalue weighted by molar-refractivity contribution is -0.144. The summed E-state index contributed by atoms with van der Waals surface area (Å²) in [5.74, 6) is 0.993. The molecule has 4 rings (SSSR count). The number of hydrogen-bond acceptors (Lipinski definition) is 5. The first kappa shape index (κ1) is 19.1. The van der Waals surface area contributed by atoms with Crippen LogP contribution >= 0.6 is 0 Å². The zero-order valence-electron chi connectivity index (χ0n) is 16.7. The van der Waals surface area contributed by atoms with Crippen molar-refractivity contribution in [2.24, 2.45) is 11.1 Å². The monoisotopic (exact) mass is 387 g/mol. The zero-order valence-corrected chi connectivity index (χ0v) is 16.7. The average molecular weight is 387 g/mol. The Kier molecular flexibility index (Phi) is 4.95. The Morgan fingerprint density at radius 3 is 2.39 bits per heavy atom. The number of rotatable bonds is 5. The molecule has 1 aliphatic carbocycles. The van der Waals surface area contributed by atoms with Crippen molar-refractivity contribution in [2.75, 3.05) is 33.9 Å². The molecule has 2 N–H and O–H groups in total. The van der Waals surface area contributed by atoms with Gasteiger partial charge in [-0.05, 0) is 55.4 Å². The number of benzene rings is 1. The zero-order chi connectivity index (χ0) is 19.9. The van der Waals surface area contributed by atoms with Crippen molar-refractivity contribution in [1.29, 1.82) is 0 Å². The largest absolute Gasteiger partial charge is 0.493 e. The minimum absolute atomic E-state index is 0.0616. The van der Waals surface area contributed by atoms with Gasteiger partial charge in [-0.25, -0.2) is 0 Å². The molecule has 0 spiro atoms. The molecule has 0 bridgehead atoms. The maximum Gasteiger partial charge on any atom is 0.238 e. The van der Waals surface area contributed by atoms with Crippen molar-refractivity contribution >= 4 is 11.8 Å². The summed E-state index contributed by atoms with van der Waals surface area (Å²) < 4.78 is 10.9. The highest BCUT2D eigenvalue weighted by atomic mass is 16.5. The molecule has 1 aromatic carbocycles. The Hall–Kier alpha value is -2.28. The van der Waals surface area contributed by atoms with Crippen molar-refractivity contribution in [3.05, 3.63) is 23.3 Å². The van der Waals surface area contributed by atoms with E-state index in [1.54, 1.807) is 14.2 Å². The van der Waals surface area contributed by atoms with Gasteiger partial charge in [0.15, 0.2) is 11.5 Å². The second-order valence-electron chi connectivity index (χ2n) is 8.19. The van der Waals surface area contributed by atoms with Gasteiger partial charge in [0.25, 0.3) is 0 Å². The molecule has 1 saturated carbocycles. The van der Waals surface area contributed by atoms with Crippen LogP contribution in [0.15, 0.2) is 12.1 Å². The van der Waals surface area contributed by atoms with Crippen LogP contribution in [0.5, 0.6) is 11.5 Å². The van der Waals surface area contributed by atoms with Gasteiger partial charge in [-0.3, -0.25) is 14.5 Å². The molecule has 0 unspecified atom stereocenters. The minimum Gasteiger partial charge on any atom is -0.493 e. The van der Waals surface area contributed by atoms with Gasteiger partial charge in [-0.1, -0.05) is 0 Å². The Morgan fingerprint density at radius 2 is 1.79 bits per heavy atom. The molecule has 2 amide bonds. The number of amides is 2. The number of ether oxygens (including phenoxy) is 2. The first-order valence-corrected chi connectivity index (χ1v) is 10.1. The van der Waals surface area contributed by atoms with E-state index in [0.717, 1.165) is 50.4 Å². The minimum atomic E-state index is -0.916. The van der Waals surface area contributed by atoms with Crippen molar-refractivity contribution < 1.29 is 19.1 Å². The van der Waals surface area contributed by atoms with Gasteiger partial charge in [0, 0.05) is 32.2 Å². The molecule has 3 aliphatic rings. The lowest BCUT2D eigenvalue weighted by Gasteiger charge is -2.42. The summed E-state index contributed by atoms with van der Waals surface area (Å²) in [4.78, 5) is 29.0. The van der Waals surface area contributed by atoms with E-state index in [0.29, 0.717) is 25.4 Å². The van der Waals surface area contributed by atoms with E-state index >= 15 is 0 Å². The molecule has 28 heavy (non-hydrogen) atoms. The topological polar surface area (TPSA) is 85.1 Å². The van der Waals surface area contributed by atoms with Crippen molar-refractivity contribution in [3.63, 3.8) is 0 Å². The predicted molar refractivity (Wildman–Crippen MR) is 104 cm³/mol. The fourth-order valence-corrected chi connectivity index (χ4v) is 4.65. The molecule has 2 heterocycles. The van der Waals surface area contributed by atoms with Crippen LogP contribution < -0.4 is 15.2 Å². The summed E-state index contributed by atoms with van der Waals surface area (Å²) in [7, 11) is 3.31. The number of hydrogen-bond donors (Lipinski definition) is 1. The number of carbonyl (C=O) groups excluding carboxylic acids is 2. The van der Waals surface area contributed by atoms with Crippen LogP contribution in [0.1, 0.15) is 36.8 Å². The van der Waals surface area contributed by atoms with E-state index in [1.807, 2.05) is 4.90 Å². The predicted octanol–water partition coefficient (Wildman–Crippen LogP) is 1.32. The normalized spacial score (nSPS) is 23.6. The van der Waals surface area contributed by atoms with Crippen LogP contribution in [0.25, 0.3) is 0 Å². The van der Waals surface area contributed by atoms with Crippen molar-refractivity contribution in [3.8, 4) is 11.5 Å². The highest BCUT2D eigenvalue weighted by molar-refractivity contribution is 6.07. The smallest absolute Gasteiger partial charge is 0.238 e. The molecule has 0 radical (unpaired) electrons. The van der Waals surface area contributed by atoms with Crippen LogP contribution in [0, 0.1) is 5.41 Å². The van der Waals surface area contributed by atoms with Crippen molar-refractivity contribution in [1.82, 2.24) is 9.80 Å². The molecule has 152 valence electrons. The molecule has 0 aromatic heterocycles. The standard InChI is InChI=1S/C21H29N3O4/c1-27-17-10-14-5-9-23(12-15(14)11-18(17)28-2)16-4-3-8-24(13-16)20(26)21(6-7-21)19(22)25/h10-11,16H,3-9,12-13H2,1-2H3,(H2,22,25)/t16-/m0/s1. The van der Waals surface area contributed by atoms with Gasteiger partial charge in [-0.2, -0.15) is 0 Å². The molecule has 2 aliphatic heterocycles. The second-order valence-corrected chi connectivity index (χ2v) is 8.19. The lowest BCUT2D eigenvalue weighted by atomic mass is 9.94. The van der Waals surface area contributed by atoms with Gasteiger partial charge < -0.3 is 20.1 Å². The van der Waals surface area contributed by atoms with E-state index in [1.165, 1.54) is 11.1 Å².